The van der Waals surface area contributed by atoms with Crippen molar-refractivity contribution in [3.63, 3.8) is 0 Å². The van der Waals surface area contributed by atoms with Gasteiger partial charge in [-0.15, -0.1) is 10.2 Å². The third-order valence-electron chi connectivity index (χ3n) is 3.28. The lowest BCUT2D eigenvalue weighted by atomic mass is 10.1. The summed E-state index contributed by atoms with van der Waals surface area (Å²) in [4.78, 5) is 11.6. The number of carbonyl (C=O) groups is 1. The fourth-order valence-corrected chi connectivity index (χ4v) is 2.05. The number of hydrogen-bond acceptors (Lipinski definition) is 4. The standard InChI is InChI=1S/C17H13N3O2/c1-12-6-7-14(17(21)22-2)11-13(12)8-9-16-19-18-15-5-3-4-10-20(15)16/h3-7,10-11H,1-2H3. The van der Waals surface area contributed by atoms with Crippen LogP contribution < -0.4 is 0 Å². The number of aromatic nitrogens is 3. The largest absolute Gasteiger partial charge is 0.465 e. The van der Waals surface area contributed by atoms with E-state index < -0.39 is 0 Å². The van der Waals surface area contributed by atoms with E-state index in [9.17, 15) is 4.79 Å². The minimum absolute atomic E-state index is 0.379. The van der Waals surface area contributed by atoms with E-state index in [4.69, 9.17) is 4.74 Å². The van der Waals surface area contributed by atoms with E-state index in [-0.39, 0.29) is 5.97 Å². The number of fused-ring (bicyclic) bond motifs is 1. The van der Waals surface area contributed by atoms with Gasteiger partial charge in [0, 0.05) is 11.8 Å². The molecule has 3 rings (SSSR count). The molecule has 108 valence electrons. The summed E-state index contributed by atoms with van der Waals surface area (Å²) in [6.45, 7) is 1.94. The van der Waals surface area contributed by atoms with Crippen LogP contribution in [-0.4, -0.2) is 27.7 Å². The number of esters is 1. The Hall–Kier alpha value is -3.13. The van der Waals surface area contributed by atoms with E-state index in [1.807, 2.05) is 41.8 Å². The second-order valence-electron chi connectivity index (χ2n) is 4.72. The molecular weight excluding hydrogens is 278 g/mol. The Balaban J connectivity index is 2.02. The van der Waals surface area contributed by atoms with Crippen molar-refractivity contribution in [3.05, 3.63) is 65.1 Å². The number of rotatable bonds is 1. The summed E-state index contributed by atoms with van der Waals surface area (Å²) in [6, 6.07) is 10.9. The van der Waals surface area contributed by atoms with Gasteiger partial charge in [0.25, 0.3) is 0 Å². The molecule has 0 N–H and O–H groups in total. The zero-order valence-corrected chi connectivity index (χ0v) is 12.2. The molecule has 0 amide bonds. The highest BCUT2D eigenvalue weighted by Crippen LogP contribution is 2.11. The van der Waals surface area contributed by atoms with Crippen LogP contribution >= 0.6 is 0 Å². The van der Waals surface area contributed by atoms with Crippen molar-refractivity contribution in [2.45, 2.75) is 6.92 Å². The van der Waals surface area contributed by atoms with Crippen LogP contribution in [0.5, 0.6) is 0 Å². The van der Waals surface area contributed by atoms with Crippen LogP contribution in [0.4, 0.5) is 0 Å². The molecule has 0 saturated heterocycles. The van der Waals surface area contributed by atoms with Crippen LogP contribution in [-0.2, 0) is 4.74 Å². The Kier molecular flexibility index (Phi) is 3.58. The fourth-order valence-electron chi connectivity index (χ4n) is 2.05. The van der Waals surface area contributed by atoms with Crippen LogP contribution in [0.25, 0.3) is 5.65 Å². The molecule has 3 aromatic rings. The monoisotopic (exact) mass is 291 g/mol. The van der Waals surface area contributed by atoms with Crippen molar-refractivity contribution in [1.29, 1.82) is 0 Å². The molecule has 2 heterocycles. The van der Waals surface area contributed by atoms with Crippen LogP contribution in [0, 0.1) is 18.8 Å². The van der Waals surface area contributed by atoms with Crippen molar-refractivity contribution in [2.75, 3.05) is 7.11 Å². The van der Waals surface area contributed by atoms with E-state index in [1.54, 1.807) is 12.1 Å². The third kappa shape index (κ3) is 2.54. The summed E-state index contributed by atoms with van der Waals surface area (Å²) < 4.78 is 6.54. The lowest BCUT2D eigenvalue weighted by Gasteiger charge is -2.02. The molecule has 5 heteroatoms. The molecule has 0 aliphatic heterocycles. The summed E-state index contributed by atoms with van der Waals surface area (Å²) >= 11 is 0. The van der Waals surface area contributed by atoms with Crippen LogP contribution in [0.3, 0.4) is 0 Å². The number of nitrogens with zero attached hydrogens (tertiary/aromatic N) is 3. The average Bonchev–Trinajstić information content (AvgIpc) is 2.96. The number of pyridine rings is 1. The number of ether oxygens (including phenoxy) is 1. The van der Waals surface area contributed by atoms with Gasteiger partial charge in [0.1, 0.15) is 0 Å². The molecule has 0 radical (unpaired) electrons. The highest BCUT2D eigenvalue weighted by molar-refractivity contribution is 5.89. The Morgan fingerprint density at radius 2 is 2.05 bits per heavy atom. The first-order valence-corrected chi connectivity index (χ1v) is 6.70. The zero-order chi connectivity index (χ0) is 15.5. The van der Waals surface area contributed by atoms with E-state index in [0.717, 1.165) is 16.8 Å². The molecule has 0 saturated carbocycles. The number of hydrogen-bond donors (Lipinski definition) is 0. The summed E-state index contributed by atoms with van der Waals surface area (Å²) in [5.41, 5.74) is 2.96. The predicted molar refractivity (Wildman–Crippen MR) is 81.5 cm³/mol. The molecule has 0 fully saturated rings. The lowest BCUT2D eigenvalue weighted by Crippen LogP contribution is -2.01. The van der Waals surface area contributed by atoms with E-state index >= 15 is 0 Å². The van der Waals surface area contributed by atoms with Gasteiger partial charge in [0.2, 0.25) is 5.82 Å². The molecule has 0 spiro atoms. The normalized spacial score (nSPS) is 10.1. The molecule has 5 nitrogen and oxygen atoms in total. The quantitative estimate of drug-likeness (QED) is 0.509. The SMILES string of the molecule is COC(=O)c1ccc(C)c(C#Cc2nnc3ccccn23)c1. The number of carbonyl (C=O) groups excluding carboxylic acids is 1. The van der Waals surface area contributed by atoms with E-state index in [0.29, 0.717) is 11.4 Å². The second kappa shape index (κ2) is 5.70. The fraction of sp³-hybridized carbons (Fsp3) is 0.118. The van der Waals surface area contributed by atoms with Gasteiger partial charge in [0.15, 0.2) is 5.65 Å². The first-order valence-electron chi connectivity index (χ1n) is 6.70. The maximum Gasteiger partial charge on any atom is 0.337 e. The zero-order valence-electron chi connectivity index (χ0n) is 12.2. The molecule has 22 heavy (non-hydrogen) atoms. The Bertz CT molecular complexity index is 916. The molecule has 0 aliphatic rings. The topological polar surface area (TPSA) is 56.5 Å². The van der Waals surface area contributed by atoms with Crippen molar-refractivity contribution < 1.29 is 9.53 Å². The Morgan fingerprint density at radius 3 is 2.86 bits per heavy atom. The smallest absolute Gasteiger partial charge is 0.337 e. The second-order valence-corrected chi connectivity index (χ2v) is 4.72. The number of methoxy groups -OCH3 is 1. The predicted octanol–water partition coefficient (Wildman–Crippen LogP) is 2.22. The van der Waals surface area contributed by atoms with Gasteiger partial charge in [-0.25, -0.2) is 4.79 Å². The Labute approximate surface area is 127 Å². The molecule has 1 aromatic carbocycles. The minimum Gasteiger partial charge on any atom is -0.465 e. The number of benzene rings is 1. The van der Waals surface area contributed by atoms with Crippen molar-refractivity contribution >= 4 is 11.6 Å². The third-order valence-corrected chi connectivity index (χ3v) is 3.28. The number of aryl methyl sites for hydroxylation is 1. The van der Waals surface area contributed by atoms with Gasteiger partial charge in [-0.3, -0.25) is 4.40 Å². The highest BCUT2D eigenvalue weighted by atomic mass is 16.5. The molecule has 2 aromatic heterocycles. The van der Waals surface area contributed by atoms with Crippen LogP contribution in [0.1, 0.15) is 27.3 Å². The van der Waals surface area contributed by atoms with Crippen molar-refractivity contribution in [2.24, 2.45) is 0 Å². The molecular formula is C17H13N3O2. The molecule has 0 atom stereocenters. The van der Waals surface area contributed by atoms with Gasteiger partial charge >= 0.3 is 5.97 Å². The summed E-state index contributed by atoms with van der Waals surface area (Å²) in [7, 11) is 1.36. The average molecular weight is 291 g/mol. The molecule has 0 bridgehead atoms. The van der Waals surface area contributed by atoms with Crippen molar-refractivity contribution in [1.82, 2.24) is 14.6 Å². The van der Waals surface area contributed by atoms with Crippen LogP contribution in [0.2, 0.25) is 0 Å². The highest BCUT2D eigenvalue weighted by Gasteiger charge is 2.07. The van der Waals surface area contributed by atoms with Gasteiger partial charge in [-0.05, 0) is 42.7 Å². The van der Waals surface area contributed by atoms with Crippen molar-refractivity contribution in [3.8, 4) is 11.8 Å². The Morgan fingerprint density at radius 1 is 1.18 bits per heavy atom. The maximum absolute atomic E-state index is 11.6. The summed E-state index contributed by atoms with van der Waals surface area (Å²) in [5.74, 6) is 6.22. The van der Waals surface area contributed by atoms with Gasteiger partial charge in [-0.2, -0.15) is 0 Å². The van der Waals surface area contributed by atoms with E-state index in [2.05, 4.69) is 22.0 Å². The van der Waals surface area contributed by atoms with Gasteiger partial charge in [0.05, 0.1) is 12.7 Å². The molecule has 0 aliphatic carbocycles. The maximum atomic E-state index is 11.6. The van der Waals surface area contributed by atoms with Gasteiger partial charge < -0.3 is 4.74 Å². The lowest BCUT2D eigenvalue weighted by molar-refractivity contribution is 0.0600. The summed E-state index contributed by atoms with van der Waals surface area (Å²) in [5, 5.41) is 8.11. The minimum atomic E-state index is -0.379. The van der Waals surface area contributed by atoms with Crippen LogP contribution in [0.15, 0.2) is 42.6 Å². The first-order chi connectivity index (χ1) is 10.7. The summed E-state index contributed by atoms with van der Waals surface area (Å²) in [6.07, 6.45) is 1.86. The molecule has 0 unspecified atom stereocenters. The van der Waals surface area contributed by atoms with E-state index in [1.165, 1.54) is 7.11 Å². The first kappa shape index (κ1) is 13.8. The van der Waals surface area contributed by atoms with Gasteiger partial charge in [-0.1, -0.05) is 18.1 Å².